The SMILES string of the molecule is NC(=O)COc1ccc(CNc2cccc(C(=O)O)c2)cc1Br. The van der Waals surface area contributed by atoms with Crippen LogP contribution < -0.4 is 15.8 Å². The van der Waals surface area contributed by atoms with Crippen molar-refractivity contribution in [1.29, 1.82) is 0 Å². The first-order valence-corrected chi connectivity index (χ1v) is 7.52. The molecule has 0 radical (unpaired) electrons. The molecule has 0 fully saturated rings. The lowest BCUT2D eigenvalue weighted by Gasteiger charge is -2.10. The summed E-state index contributed by atoms with van der Waals surface area (Å²) in [6, 6.07) is 12.0. The Morgan fingerprint density at radius 1 is 1.22 bits per heavy atom. The smallest absolute Gasteiger partial charge is 0.335 e. The highest BCUT2D eigenvalue weighted by atomic mass is 79.9. The van der Waals surface area contributed by atoms with Crippen molar-refractivity contribution in [1.82, 2.24) is 0 Å². The molecule has 0 heterocycles. The summed E-state index contributed by atoms with van der Waals surface area (Å²) in [5.41, 5.74) is 6.94. The first-order chi connectivity index (χ1) is 11.0. The number of benzene rings is 2. The monoisotopic (exact) mass is 378 g/mol. The Balaban J connectivity index is 2.01. The number of hydrogen-bond acceptors (Lipinski definition) is 4. The highest BCUT2D eigenvalue weighted by molar-refractivity contribution is 9.10. The average Bonchev–Trinajstić information content (AvgIpc) is 2.52. The molecule has 0 bridgehead atoms. The number of carboxylic acid groups (broad SMARTS) is 1. The Labute approximate surface area is 141 Å². The van der Waals surface area contributed by atoms with Crippen molar-refractivity contribution in [2.45, 2.75) is 6.54 Å². The molecule has 0 aromatic heterocycles. The number of amides is 1. The molecule has 2 rings (SSSR count). The Kier molecular flexibility index (Phi) is 5.59. The molecule has 0 unspecified atom stereocenters. The van der Waals surface area contributed by atoms with Gasteiger partial charge >= 0.3 is 5.97 Å². The molecule has 120 valence electrons. The molecule has 6 nitrogen and oxygen atoms in total. The van der Waals surface area contributed by atoms with Gasteiger partial charge in [-0.2, -0.15) is 0 Å². The van der Waals surface area contributed by atoms with E-state index in [9.17, 15) is 9.59 Å². The van der Waals surface area contributed by atoms with Crippen LogP contribution in [-0.2, 0) is 11.3 Å². The van der Waals surface area contributed by atoms with Gasteiger partial charge in [-0.3, -0.25) is 4.79 Å². The van der Waals surface area contributed by atoms with Crippen molar-refractivity contribution in [2.24, 2.45) is 5.73 Å². The number of halogens is 1. The van der Waals surface area contributed by atoms with Gasteiger partial charge in [0.15, 0.2) is 6.61 Å². The fourth-order valence-electron chi connectivity index (χ4n) is 1.89. The number of nitrogens with two attached hydrogens (primary N) is 1. The molecule has 1 amide bonds. The number of carbonyl (C=O) groups is 2. The van der Waals surface area contributed by atoms with E-state index in [-0.39, 0.29) is 12.2 Å². The van der Waals surface area contributed by atoms with Crippen molar-refractivity contribution >= 4 is 33.5 Å². The number of primary amides is 1. The van der Waals surface area contributed by atoms with E-state index in [1.165, 1.54) is 6.07 Å². The number of carboxylic acids is 1. The molecule has 0 saturated carbocycles. The van der Waals surface area contributed by atoms with Crippen molar-refractivity contribution in [3.8, 4) is 5.75 Å². The summed E-state index contributed by atoms with van der Waals surface area (Å²) >= 11 is 3.37. The first-order valence-electron chi connectivity index (χ1n) is 6.72. The molecule has 7 heteroatoms. The molecule has 0 aliphatic carbocycles. The second kappa shape index (κ2) is 7.64. The molecular weight excluding hydrogens is 364 g/mol. The van der Waals surface area contributed by atoms with Crippen LogP contribution in [0.25, 0.3) is 0 Å². The zero-order valence-electron chi connectivity index (χ0n) is 12.1. The fourth-order valence-corrected chi connectivity index (χ4v) is 2.43. The standard InChI is InChI=1S/C16H15BrN2O4/c17-13-6-10(4-5-14(13)23-9-15(18)20)8-19-12-3-1-2-11(7-12)16(21)22/h1-7,19H,8-9H2,(H2,18,20)(H,21,22). The van der Waals surface area contributed by atoms with Crippen molar-refractivity contribution in [3.63, 3.8) is 0 Å². The maximum absolute atomic E-state index is 10.9. The lowest BCUT2D eigenvalue weighted by atomic mass is 10.2. The van der Waals surface area contributed by atoms with Crippen molar-refractivity contribution in [2.75, 3.05) is 11.9 Å². The predicted octanol–water partition coefficient (Wildman–Crippen LogP) is 2.62. The summed E-state index contributed by atoms with van der Waals surface area (Å²) < 4.78 is 5.96. The van der Waals surface area contributed by atoms with Crippen LogP contribution >= 0.6 is 15.9 Å². The van der Waals surface area contributed by atoms with E-state index in [1.54, 1.807) is 24.3 Å². The molecule has 4 N–H and O–H groups in total. The summed E-state index contributed by atoms with van der Waals surface area (Å²) in [5.74, 6) is -0.978. The number of anilines is 1. The molecule has 0 spiro atoms. The van der Waals surface area contributed by atoms with Gasteiger partial charge in [0.25, 0.3) is 5.91 Å². The van der Waals surface area contributed by atoms with Crippen LogP contribution in [0.15, 0.2) is 46.9 Å². The van der Waals surface area contributed by atoms with E-state index in [4.69, 9.17) is 15.6 Å². The van der Waals surface area contributed by atoms with Gasteiger partial charge < -0.3 is 20.9 Å². The Morgan fingerprint density at radius 3 is 2.65 bits per heavy atom. The third-order valence-corrected chi connectivity index (χ3v) is 3.59. The molecule has 2 aromatic rings. The minimum absolute atomic E-state index is 0.182. The highest BCUT2D eigenvalue weighted by Gasteiger charge is 2.06. The normalized spacial score (nSPS) is 10.1. The number of ether oxygens (including phenoxy) is 1. The van der Waals surface area contributed by atoms with Crippen LogP contribution in [0.4, 0.5) is 5.69 Å². The zero-order chi connectivity index (χ0) is 16.8. The van der Waals surface area contributed by atoms with Crippen LogP contribution in [0.5, 0.6) is 5.75 Å². The number of hydrogen-bond donors (Lipinski definition) is 3. The minimum atomic E-state index is -0.965. The van der Waals surface area contributed by atoms with Crippen LogP contribution in [0.3, 0.4) is 0 Å². The molecule has 23 heavy (non-hydrogen) atoms. The quantitative estimate of drug-likeness (QED) is 0.687. The second-order valence-corrected chi connectivity index (χ2v) is 5.61. The van der Waals surface area contributed by atoms with Gasteiger partial charge in [0.2, 0.25) is 0 Å². The third-order valence-electron chi connectivity index (χ3n) is 2.97. The fraction of sp³-hybridized carbons (Fsp3) is 0.125. The summed E-state index contributed by atoms with van der Waals surface area (Å²) in [4.78, 5) is 21.7. The molecule has 0 atom stereocenters. The highest BCUT2D eigenvalue weighted by Crippen LogP contribution is 2.26. The summed E-state index contributed by atoms with van der Waals surface area (Å²) in [6.45, 7) is 0.329. The van der Waals surface area contributed by atoms with Gasteiger partial charge in [-0.1, -0.05) is 12.1 Å². The van der Waals surface area contributed by atoms with Gasteiger partial charge in [-0.15, -0.1) is 0 Å². The van der Waals surface area contributed by atoms with Crippen molar-refractivity contribution < 1.29 is 19.4 Å². The Hall–Kier alpha value is -2.54. The largest absolute Gasteiger partial charge is 0.483 e. The molecular formula is C16H15BrN2O4. The van der Waals surface area contributed by atoms with Gasteiger partial charge in [0, 0.05) is 12.2 Å². The van der Waals surface area contributed by atoms with E-state index in [0.717, 1.165) is 11.3 Å². The van der Waals surface area contributed by atoms with Gasteiger partial charge in [0.05, 0.1) is 10.0 Å². The second-order valence-electron chi connectivity index (χ2n) is 4.76. The topological polar surface area (TPSA) is 102 Å². The van der Waals surface area contributed by atoms with Gasteiger partial charge in [-0.05, 0) is 51.8 Å². The van der Waals surface area contributed by atoms with Gasteiger partial charge in [-0.25, -0.2) is 4.79 Å². The van der Waals surface area contributed by atoms with Gasteiger partial charge in [0.1, 0.15) is 5.75 Å². The molecule has 0 aliphatic heterocycles. The van der Waals surface area contributed by atoms with Crippen LogP contribution in [0.2, 0.25) is 0 Å². The van der Waals surface area contributed by atoms with Crippen LogP contribution in [-0.4, -0.2) is 23.6 Å². The van der Waals surface area contributed by atoms with Crippen molar-refractivity contribution in [3.05, 3.63) is 58.1 Å². The molecule has 0 saturated heterocycles. The number of aromatic carboxylic acids is 1. The lowest BCUT2D eigenvalue weighted by molar-refractivity contribution is -0.119. The maximum Gasteiger partial charge on any atom is 0.335 e. The Bertz CT molecular complexity index is 734. The number of carbonyl (C=O) groups excluding carboxylic acids is 1. The van der Waals surface area contributed by atoms with E-state index in [0.29, 0.717) is 16.8 Å². The summed E-state index contributed by atoms with van der Waals surface area (Å²) in [6.07, 6.45) is 0. The zero-order valence-corrected chi connectivity index (χ0v) is 13.7. The average molecular weight is 379 g/mol. The van der Waals surface area contributed by atoms with Crippen LogP contribution in [0.1, 0.15) is 15.9 Å². The van der Waals surface area contributed by atoms with E-state index in [1.807, 2.05) is 12.1 Å². The molecule has 2 aromatic carbocycles. The predicted molar refractivity (Wildman–Crippen MR) is 89.6 cm³/mol. The minimum Gasteiger partial charge on any atom is -0.483 e. The third kappa shape index (κ3) is 5.00. The number of rotatable bonds is 7. The summed E-state index contributed by atoms with van der Waals surface area (Å²) in [5, 5.41) is 12.1. The molecule has 0 aliphatic rings. The van der Waals surface area contributed by atoms with E-state index in [2.05, 4.69) is 21.2 Å². The summed E-state index contributed by atoms with van der Waals surface area (Å²) in [7, 11) is 0. The van der Waals surface area contributed by atoms with E-state index >= 15 is 0 Å². The van der Waals surface area contributed by atoms with Crippen LogP contribution in [0, 0.1) is 0 Å². The lowest BCUT2D eigenvalue weighted by Crippen LogP contribution is -2.20. The van der Waals surface area contributed by atoms with E-state index < -0.39 is 11.9 Å². The Morgan fingerprint density at radius 2 is 2.00 bits per heavy atom. The number of nitrogens with one attached hydrogen (secondary N) is 1. The first kappa shape index (κ1) is 16.8. The maximum atomic E-state index is 10.9.